The van der Waals surface area contributed by atoms with Gasteiger partial charge in [-0.05, 0) is 55.5 Å². The third-order valence-electron chi connectivity index (χ3n) is 5.54. The largest absolute Gasteiger partial charge is 0.512 e. The molecular formula is C22H23ClN2O2. The molecule has 1 saturated heterocycles. The molecule has 140 valence electrons. The molecule has 0 radical (unpaired) electrons. The Morgan fingerprint density at radius 1 is 1.15 bits per heavy atom. The van der Waals surface area contributed by atoms with Crippen LogP contribution in [0.3, 0.4) is 0 Å². The lowest BCUT2D eigenvalue weighted by Crippen LogP contribution is -2.32. The van der Waals surface area contributed by atoms with Crippen molar-refractivity contribution in [3.8, 4) is 11.1 Å². The maximum absolute atomic E-state index is 12.1. The normalized spacial score (nSPS) is 19.1. The number of nitrogens with one attached hydrogen (secondary N) is 1. The fraction of sp³-hybridized carbons (Fsp3) is 0.318. The van der Waals surface area contributed by atoms with Crippen molar-refractivity contribution in [3.05, 3.63) is 52.7 Å². The first-order valence-corrected chi connectivity index (χ1v) is 9.72. The monoisotopic (exact) mass is 382 g/mol. The van der Waals surface area contributed by atoms with Crippen LogP contribution in [0.25, 0.3) is 16.7 Å². The lowest BCUT2D eigenvalue weighted by atomic mass is 9.97. The van der Waals surface area contributed by atoms with Gasteiger partial charge in [-0.25, -0.2) is 0 Å². The minimum atomic E-state index is -0.298. The predicted octanol–water partition coefficient (Wildman–Crippen LogP) is 5.48. The SMILES string of the molecule is C/C(O)=C1\C(=O)Nc2cc(Cl)c(-c3ccc(N4CCC(C)CC4)cc3)cc21. The lowest BCUT2D eigenvalue weighted by Gasteiger charge is -2.32. The number of aliphatic hydroxyl groups excluding tert-OH is 1. The topological polar surface area (TPSA) is 52.6 Å². The first-order chi connectivity index (χ1) is 12.9. The third kappa shape index (κ3) is 3.30. The van der Waals surface area contributed by atoms with Crippen LogP contribution in [0.2, 0.25) is 5.02 Å². The number of amides is 1. The number of piperidine rings is 1. The first kappa shape index (κ1) is 17.9. The molecule has 5 heteroatoms. The molecule has 0 spiro atoms. The molecule has 0 bridgehead atoms. The zero-order valence-electron chi connectivity index (χ0n) is 15.6. The van der Waals surface area contributed by atoms with E-state index in [1.165, 1.54) is 25.5 Å². The van der Waals surface area contributed by atoms with Gasteiger partial charge in [0.15, 0.2) is 0 Å². The first-order valence-electron chi connectivity index (χ1n) is 9.34. The van der Waals surface area contributed by atoms with Gasteiger partial charge in [0, 0.05) is 29.9 Å². The van der Waals surface area contributed by atoms with Crippen LogP contribution in [0.15, 0.2) is 42.2 Å². The molecule has 0 aromatic heterocycles. The molecule has 0 aliphatic carbocycles. The van der Waals surface area contributed by atoms with Crippen LogP contribution in [0.5, 0.6) is 0 Å². The van der Waals surface area contributed by atoms with Crippen molar-refractivity contribution in [1.82, 2.24) is 0 Å². The number of rotatable bonds is 2. The van der Waals surface area contributed by atoms with E-state index in [1.807, 2.05) is 6.07 Å². The summed E-state index contributed by atoms with van der Waals surface area (Å²) in [6, 6.07) is 12.0. The van der Waals surface area contributed by atoms with Crippen molar-refractivity contribution in [2.45, 2.75) is 26.7 Å². The number of anilines is 2. The second kappa shape index (κ2) is 6.93. The fourth-order valence-electron chi connectivity index (χ4n) is 3.89. The molecule has 1 amide bonds. The number of carbonyl (C=O) groups excluding carboxylic acids is 1. The summed E-state index contributed by atoms with van der Waals surface area (Å²) >= 11 is 6.48. The third-order valence-corrected chi connectivity index (χ3v) is 5.85. The lowest BCUT2D eigenvalue weighted by molar-refractivity contribution is -0.110. The Morgan fingerprint density at radius 2 is 1.81 bits per heavy atom. The van der Waals surface area contributed by atoms with Crippen molar-refractivity contribution in [3.63, 3.8) is 0 Å². The van der Waals surface area contributed by atoms with Crippen molar-refractivity contribution >= 4 is 34.5 Å². The van der Waals surface area contributed by atoms with Gasteiger partial charge in [0.1, 0.15) is 5.76 Å². The number of allylic oxidation sites excluding steroid dienone is 1. The van der Waals surface area contributed by atoms with Gasteiger partial charge in [-0.3, -0.25) is 4.79 Å². The van der Waals surface area contributed by atoms with Crippen LogP contribution in [-0.4, -0.2) is 24.1 Å². The summed E-state index contributed by atoms with van der Waals surface area (Å²) < 4.78 is 0. The Kier molecular flexibility index (Phi) is 4.60. The average Bonchev–Trinajstić information content (AvgIpc) is 2.96. The van der Waals surface area contributed by atoms with Crippen LogP contribution in [0.1, 0.15) is 32.3 Å². The van der Waals surface area contributed by atoms with Crippen LogP contribution in [0, 0.1) is 5.92 Å². The van der Waals surface area contributed by atoms with Crippen molar-refractivity contribution in [2.75, 3.05) is 23.3 Å². The van der Waals surface area contributed by atoms with Crippen LogP contribution < -0.4 is 10.2 Å². The molecule has 1 fully saturated rings. The summed E-state index contributed by atoms with van der Waals surface area (Å²) in [5.74, 6) is 0.515. The number of halogens is 1. The van der Waals surface area contributed by atoms with E-state index in [1.54, 1.807) is 6.07 Å². The van der Waals surface area contributed by atoms with Crippen LogP contribution >= 0.6 is 11.6 Å². The molecule has 2 aromatic rings. The fourth-order valence-corrected chi connectivity index (χ4v) is 4.16. The van der Waals surface area contributed by atoms with Crippen molar-refractivity contribution in [1.29, 1.82) is 0 Å². The number of hydrogen-bond acceptors (Lipinski definition) is 3. The van der Waals surface area contributed by atoms with Gasteiger partial charge in [-0.2, -0.15) is 0 Å². The Hall–Kier alpha value is -2.46. The van der Waals surface area contributed by atoms with Gasteiger partial charge >= 0.3 is 0 Å². The van der Waals surface area contributed by atoms with E-state index >= 15 is 0 Å². The highest BCUT2D eigenvalue weighted by atomic mass is 35.5. The second-order valence-electron chi connectivity index (χ2n) is 7.51. The molecule has 2 aromatic carbocycles. The summed E-state index contributed by atoms with van der Waals surface area (Å²) in [5.41, 5.74) is 4.70. The Morgan fingerprint density at radius 3 is 2.44 bits per heavy atom. The van der Waals surface area contributed by atoms with Gasteiger partial charge < -0.3 is 15.3 Å². The zero-order valence-corrected chi connectivity index (χ0v) is 16.3. The van der Waals surface area contributed by atoms with E-state index in [2.05, 4.69) is 41.4 Å². The van der Waals surface area contributed by atoms with E-state index in [0.29, 0.717) is 21.8 Å². The maximum Gasteiger partial charge on any atom is 0.259 e. The number of hydrogen-bond donors (Lipinski definition) is 2. The molecule has 0 unspecified atom stereocenters. The molecule has 27 heavy (non-hydrogen) atoms. The van der Waals surface area contributed by atoms with Gasteiger partial charge in [0.25, 0.3) is 5.91 Å². The maximum atomic E-state index is 12.1. The standard InChI is InChI=1S/C22H23ClN2O2/c1-13-7-9-25(10-8-13)16-5-3-15(4-6-16)17-11-18-20(12-19(17)23)24-22(27)21(18)14(2)26/h3-6,11-13,26H,7-10H2,1-2H3,(H,24,27)/b21-14+. The van der Waals surface area contributed by atoms with E-state index < -0.39 is 0 Å². The van der Waals surface area contributed by atoms with E-state index in [0.717, 1.165) is 30.1 Å². The molecule has 0 saturated carbocycles. The number of carbonyl (C=O) groups is 1. The average molecular weight is 383 g/mol. The molecule has 2 aliphatic heterocycles. The van der Waals surface area contributed by atoms with Gasteiger partial charge in [-0.15, -0.1) is 0 Å². The van der Waals surface area contributed by atoms with Gasteiger partial charge in [-0.1, -0.05) is 30.7 Å². The highest BCUT2D eigenvalue weighted by Crippen LogP contribution is 2.40. The summed E-state index contributed by atoms with van der Waals surface area (Å²) in [7, 11) is 0. The molecule has 0 atom stereocenters. The number of nitrogens with zero attached hydrogens (tertiary/aromatic N) is 1. The summed E-state index contributed by atoms with van der Waals surface area (Å²) in [6.45, 7) is 6.02. The quantitative estimate of drug-likeness (QED) is 0.533. The van der Waals surface area contributed by atoms with Crippen molar-refractivity contribution in [2.24, 2.45) is 5.92 Å². The smallest absolute Gasteiger partial charge is 0.259 e. The second-order valence-corrected chi connectivity index (χ2v) is 7.92. The predicted molar refractivity (Wildman–Crippen MR) is 111 cm³/mol. The summed E-state index contributed by atoms with van der Waals surface area (Å²) in [5, 5.41) is 13.2. The Labute approximate surface area is 164 Å². The van der Waals surface area contributed by atoms with E-state index in [4.69, 9.17) is 11.6 Å². The molecule has 4 nitrogen and oxygen atoms in total. The number of fused-ring (bicyclic) bond motifs is 1. The number of benzene rings is 2. The Bertz CT molecular complexity index is 922. The highest BCUT2D eigenvalue weighted by Gasteiger charge is 2.28. The van der Waals surface area contributed by atoms with Crippen LogP contribution in [-0.2, 0) is 4.79 Å². The van der Waals surface area contributed by atoms with Crippen LogP contribution in [0.4, 0.5) is 11.4 Å². The summed E-state index contributed by atoms with van der Waals surface area (Å²) in [6.07, 6.45) is 2.46. The van der Waals surface area contributed by atoms with E-state index in [-0.39, 0.29) is 11.7 Å². The highest BCUT2D eigenvalue weighted by molar-refractivity contribution is 6.36. The minimum Gasteiger partial charge on any atom is -0.512 e. The molecule has 2 N–H and O–H groups in total. The zero-order chi connectivity index (χ0) is 19.1. The molecule has 4 rings (SSSR count). The minimum absolute atomic E-state index is 0.00852. The van der Waals surface area contributed by atoms with Gasteiger partial charge in [0.05, 0.1) is 16.3 Å². The van der Waals surface area contributed by atoms with Gasteiger partial charge in [0.2, 0.25) is 0 Å². The number of aliphatic hydroxyl groups is 1. The molecule has 2 heterocycles. The van der Waals surface area contributed by atoms with Crippen molar-refractivity contribution < 1.29 is 9.90 Å². The summed E-state index contributed by atoms with van der Waals surface area (Å²) in [4.78, 5) is 14.5. The molecular weight excluding hydrogens is 360 g/mol. The Balaban J connectivity index is 1.67. The molecule has 2 aliphatic rings. The van der Waals surface area contributed by atoms with E-state index in [9.17, 15) is 9.90 Å².